The van der Waals surface area contributed by atoms with Gasteiger partial charge in [0.2, 0.25) is 5.76 Å². The van der Waals surface area contributed by atoms with Gasteiger partial charge in [-0.3, -0.25) is 9.59 Å². The van der Waals surface area contributed by atoms with E-state index in [-0.39, 0.29) is 30.2 Å². The predicted molar refractivity (Wildman–Crippen MR) is 122 cm³/mol. The fourth-order valence-corrected chi connectivity index (χ4v) is 4.63. The topological polar surface area (TPSA) is 125 Å². The summed E-state index contributed by atoms with van der Waals surface area (Å²) in [6.07, 6.45) is -0.473. The lowest BCUT2D eigenvalue weighted by Gasteiger charge is -2.23. The van der Waals surface area contributed by atoms with Gasteiger partial charge in [0.05, 0.1) is 26.8 Å². The fourth-order valence-electron chi connectivity index (χ4n) is 3.13. The minimum Gasteiger partial charge on any atom is -0.481 e. The van der Waals surface area contributed by atoms with Crippen molar-refractivity contribution in [1.82, 2.24) is 0 Å². The first kappa shape index (κ1) is 24.1. The zero-order valence-electron chi connectivity index (χ0n) is 16.5. The Morgan fingerprint density at radius 2 is 1.78 bits per heavy atom. The van der Waals surface area contributed by atoms with Crippen LogP contribution in [0, 0.1) is 0 Å². The van der Waals surface area contributed by atoms with Gasteiger partial charge in [-0.2, -0.15) is 0 Å². The third-order valence-corrected chi connectivity index (χ3v) is 6.79. The average Bonchev–Trinajstić information content (AvgIpc) is 2.73. The summed E-state index contributed by atoms with van der Waals surface area (Å²) in [6.45, 7) is 0. The second kappa shape index (κ2) is 10.4. The molecule has 3 N–H and O–H groups in total. The van der Waals surface area contributed by atoms with Crippen molar-refractivity contribution in [3.63, 3.8) is 0 Å². The smallest absolute Gasteiger partial charge is 0.371 e. The van der Waals surface area contributed by atoms with Gasteiger partial charge in [0.1, 0.15) is 5.58 Å². The number of carbonyl (C=O) groups is 2. The molecule has 0 radical (unpaired) electrons. The summed E-state index contributed by atoms with van der Waals surface area (Å²) in [5.41, 5.74) is 0.302. The van der Waals surface area contributed by atoms with Gasteiger partial charge in [0.15, 0.2) is 5.43 Å². The van der Waals surface area contributed by atoms with Crippen LogP contribution < -0.4 is 5.43 Å². The van der Waals surface area contributed by atoms with Gasteiger partial charge in [-0.25, -0.2) is 4.79 Å². The van der Waals surface area contributed by atoms with Crippen LogP contribution in [0.25, 0.3) is 11.0 Å². The quantitative estimate of drug-likeness (QED) is 0.343. The molecular formula is C22H18Cl2O7S. The van der Waals surface area contributed by atoms with Crippen molar-refractivity contribution in [2.45, 2.75) is 35.5 Å². The van der Waals surface area contributed by atoms with Gasteiger partial charge in [-0.15, -0.1) is 11.8 Å². The first-order valence-corrected chi connectivity index (χ1v) is 11.1. The van der Waals surface area contributed by atoms with Crippen LogP contribution in [-0.2, 0) is 4.79 Å². The number of benzene rings is 2. The Labute approximate surface area is 196 Å². The third-order valence-electron chi connectivity index (χ3n) is 4.69. The molecule has 0 fully saturated rings. The van der Waals surface area contributed by atoms with Crippen LogP contribution in [0.15, 0.2) is 56.6 Å². The van der Waals surface area contributed by atoms with Crippen molar-refractivity contribution in [3.8, 4) is 0 Å². The monoisotopic (exact) mass is 496 g/mol. The van der Waals surface area contributed by atoms with Crippen molar-refractivity contribution in [3.05, 3.63) is 74.1 Å². The maximum atomic E-state index is 12.2. The Kier molecular flexibility index (Phi) is 7.84. The molecule has 32 heavy (non-hydrogen) atoms. The van der Waals surface area contributed by atoms with Crippen molar-refractivity contribution < 1.29 is 29.3 Å². The maximum Gasteiger partial charge on any atom is 0.371 e. The summed E-state index contributed by atoms with van der Waals surface area (Å²) in [5, 5.41) is 29.2. The standard InChI is InChI=1S/C22H18Cl2O7S/c23-14-7-4-11(8-15(14)24)21(16(25)2-1-3-20(27)28)32-12-5-6-13-17(26)10-19(22(29)30)31-18(13)9-12/h4-10,16,21,25H,1-3H2,(H,27,28)(H,29,30). The molecule has 0 bridgehead atoms. The van der Waals surface area contributed by atoms with Crippen LogP contribution in [0.4, 0.5) is 0 Å². The van der Waals surface area contributed by atoms with Gasteiger partial charge in [-0.1, -0.05) is 29.3 Å². The number of aromatic carboxylic acids is 1. The molecule has 2 atom stereocenters. The number of aliphatic carboxylic acids is 1. The highest BCUT2D eigenvalue weighted by atomic mass is 35.5. The lowest BCUT2D eigenvalue weighted by molar-refractivity contribution is -0.137. The van der Waals surface area contributed by atoms with E-state index in [4.69, 9.17) is 37.8 Å². The maximum absolute atomic E-state index is 12.2. The molecule has 0 aliphatic heterocycles. The SMILES string of the molecule is O=C(O)CCCC(O)C(Sc1ccc2c(=O)cc(C(=O)O)oc2c1)c1ccc(Cl)c(Cl)c1. The van der Waals surface area contributed by atoms with Crippen molar-refractivity contribution >= 4 is 57.9 Å². The second-order valence-electron chi connectivity index (χ2n) is 7.00. The van der Waals surface area contributed by atoms with Crippen molar-refractivity contribution in [1.29, 1.82) is 0 Å². The zero-order valence-corrected chi connectivity index (χ0v) is 18.8. The Morgan fingerprint density at radius 3 is 2.44 bits per heavy atom. The number of halogens is 2. The summed E-state index contributed by atoms with van der Waals surface area (Å²) in [6, 6.07) is 10.6. The molecule has 0 saturated heterocycles. The Bertz CT molecular complexity index is 1220. The first-order valence-electron chi connectivity index (χ1n) is 9.48. The number of rotatable bonds is 9. The highest BCUT2D eigenvalue weighted by Crippen LogP contribution is 2.41. The van der Waals surface area contributed by atoms with E-state index < -0.39 is 34.5 Å². The van der Waals surface area contributed by atoms with E-state index in [1.165, 1.54) is 23.9 Å². The summed E-state index contributed by atoms with van der Waals surface area (Å²) in [7, 11) is 0. The molecule has 0 amide bonds. The fraction of sp³-hybridized carbons (Fsp3) is 0.227. The first-order chi connectivity index (χ1) is 15.2. The number of aliphatic hydroxyl groups is 1. The van der Waals surface area contributed by atoms with E-state index in [1.54, 1.807) is 24.3 Å². The minimum absolute atomic E-state index is 0.0745. The molecule has 0 saturated carbocycles. The van der Waals surface area contributed by atoms with E-state index in [0.717, 1.165) is 6.07 Å². The number of carboxylic acids is 2. The molecule has 168 valence electrons. The molecule has 2 unspecified atom stereocenters. The summed E-state index contributed by atoms with van der Waals surface area (Å²) < 4.78 is 5.34. The van der Waals surface area contributed by atoms with Crippen LogP contribution in [0.1, 0.15) is 40.6 Å². The van der Waals surface area contributed by atoms with Crippen LogP contribution in [0.2, 0.25) is 10.0 Å². The highest BCUT2D eigenvalue weighted by molar-refractivity contribution is 7.99. The van der Waals surface area contributed by atoms with Gasteiger partial charge in [0.25, 0.3) is 0 Å². The number of aliphatic hydroxyl groups excluding tert-OH is 1. The second-order valence-corrected chi connectivity index (χ2v) is 9.03. The van der Waals surface area contributed by atoms with Gasteiger partial charge in [0, 0.05) is 17.4 Å². The predicted octanol–water partition coefficient (Wildman–Crippen LogP) is 5.25. The lowest BCUT2D eigenvalue weighted by Crippen LogP contribution is -2.16. The average molecular weight is 497 g/mol. The third kappa shape index (κ3) is 5.83. The van der Waals surface area contributed by atoms with Crippen LogP contribution in [-0.4, -0.2) is 33.4 Å². The molecule has 0 spiro atoms. The molecular weight excluding hydrogens is 479 g/mol. The molecule has 0 aliphatic rings. The van der Waals surface area contributed by atoms with Gasteiger partial charge >= 0.3 is 11.9 Å². The molecule has 0 aliphatic carbocycles. The number of carboxylic acid groups (broad SMARTS) is 2. The van der Waals surface area contributed by atoms with E-state index in [0.29, 0.717) is 20.5 Å². The minimum atomic E-state index is -1.36. The highest BCUT2D eigenvalue weighted by Gasteiger charge is 2.24. The van der Waals surface area contributed by atoms with E-state index in [2.05, 4.69) is 0 Å². The van der Waals surface area contributed by atoms with E-state index in [9.17, 15) is 19.5 Å². The van der Waals surface area contributed by atoms with E-state index in [1.807, 2.05) is 0 Å². The molecule has 2 aromatic carbocycles. The molecule has 10 heteroatoms. The largest absolute Gasteiger partial charge is 0.481 e. The Balaban J connectivity index is 1.96. The van der Waals surface area contributed by atoms with Gasteiger partial charge in [-0.05, 0) is 48.7 Å². The number of fused-ring (bicyclic) bond motifs is 1. The molecule has 1 aromatic heterocycles. The Hall–Kier alpha value is -2.52. The van der Waals surface area contributed by atoms with E-state index >= 15 is 0 Å². The normalized spacial score (nSPS) is 13.1. The summed E-state index contributed by atoms with van der Waals surface area (Å²) >= 11 is 13.4. The molecule has 3 rings (SSSR count). The van der Waals surface area contributed by atoms with Crippen molar-refractivity contribution in [2.24, 2.45) is 0 Å². The summed E-state index contributed by atoms with van der Waals surface area (Å²) in [4.78, 5) is 34.8. The van der Waals surface area contributed by atoms with Crippen LogP contribution in [0.3, 0.4) is 0 Å². The van der Waals surface area contributed by atoms with Crippen molar-refractivity contribution in [2.75, 3.05) is 0 Å². The summed E-state index contributed by atoms with van der Waals surface area (Å²) in [5.74, 6) is -2.78. The molecule has 1 heterocycles. The van der Waals surface area contributed by atoms with Crippen LogP contribution >= 0.6 is 35.0 Å². The number of hydrogen-bond acceptors (Lipinski definition) is 6. The van der Waals surface area contributed by atoms with Crippen LogP contribution in [0.5, 0.6) is 0 Å². The molecule has 3 aromatic rings. The zero-order chi connectivity index (χ0) is 23.4. The molecule has 7 nitrogen and oxygen atoms in total. The number of hydrogen-bond donors (Lipinski definition) is 3. The number of thioether (sulfide) groups is 1. The Morgan fingerprint density at radius 1 is 1.03 bits per heavy atom. The van der Waals surface area contributed by atoms with Gasteiger partial charge < -0.3 is 19.7 Å². The lowest BCUT2D eigenvalue weighted by atomic mass is 10.0.